The fourth-order valence-corrected chi connectivity index (χ4v) is 3.84. The summed E-state index contributed by atoms with van der Waals surface area (Å²) < 4.78 is 16.0. The zero-order valence-electron chi connectivity index (χ0n) is 14.0. The first kappa shape index (κ1) is 15.4. The number of hydrogen-bond acceptors (Lipinski definition) is 5. The van der Waals surface area contributed by atoms with Crippen LogP contribution in [0.2, 0.25) is 0 Å². The Balaban J connectivity index is 1.42. The normalized spacial score (nSPS) is 26.6. The molecule has 0 bridgehead atoms. The minimum atomic E-state index is -1.22. The van der Waals surface area contributed by atoms with Crippen molar-refractivity contribution in [3.63, 3.8) is 0 Å². The van der Waals surface area contributed by atoms with Crippen LogP contribution in [0.25, 0.3) is 0 Å². The lowest BCUT2D eigenvalue weighted by Crippen LogP contribution is -2.45. The van der Waals surface area contributed by atoms with E-state index in [1.165, 1.54) is 0 Å². The lowest BCUT2D eigenvalue weighted by Gasteiger charge is -2.28. The minimum absolute atomic E-state index is 0.0567. The van der Waals surface area contributed by atoms with Gasteiger partial charge in [-0.2, -0.15) is 0 Å². The molecule has 3 atom stereocenters. The predicted octanol–water partition coefficient (Wildman–Crippen LogP) is 1.98. The highest BCUT2D eigenvalue weighted by molar-refractivity contribution is 6.03. The molecule has 0 N–H and O–H groups in total. The van der Waals surface area contributed by atoms with Gasteiger partial charge in [0.2, 0.25) is 5.82 Å². The fraction of sp³-hybridized carbons (Fsp3) is 0.389. The molecule has 1 saturated heterocycles. The Hall–Kier alpha value is -2.90. The SMILES string of the molecule is O=C(c1nc2n(n1)[C@H](c1ccccc1)C[C@@H]2F)N1CCC2N=CN=C2C1. The number of rotatable bonds is 2. The third-order valence-corrected chi connectivity index (χ3v) is 5.21. The van der Waals surface area contributed by atoms with Crippen LogP contribution in [0.15, 0.2) is 40.3 Å². The Morgan fingerprint density at radius 1 is 1.23 bits per heavy atom. The van der Waals surface area contributed by atoms with E-state index in [1.807, 2.05) is 30.3 Å². The molecule has 8 heteroatoms. The molecule has 3 aliphatic rings. The lowest BCUT2D eigenvalue weighted by molar-refractivity contribution is 0.0753. The highest BCUT2D eigenvalue weighted by atomic mass is 19.1. The number of nitrogens with zero attached hydrogens (tertiary/aromatic N) is 6. The van der Waals surface area contributed by atoms with Crippen LogP contribution >= 0.6 is 0 Å². The zero-order chi connectivity index (χ0) is 17.7. The van der Waals surface area contributed by atoms with Crippen molar-refractivity contribution in [3.05, 3.63) is 47.5 Å². The molecule has 1 unspecified atom stereocenters. The Morgan fingerprint density at radius 2 is 2.08 bits per heavy atom. The average Bonchev–Trinajstić information content (AvgIpc) is 3.37. The van der Waals surface area contributed by atoms with Crippen LogP contribution in [0, 0.1) is 0 Å². The summed E-state index contributed by atoms with van der Waals surface area (Å²) in [6.45, 7) is 0.999. The fourth-order valence-electron chi connectivity index (χ4n) is 3.84. The van der Waals surface area contributed by atoms with Crippen molar-refractivity contribution in [2.24, 2.45) is 9.98 Å². The van der Waals surface area contributed by atoms with E-state index < -0.39 is 6.17 Å². The highest BCUT2D eigenvalue weighted by Crippen LogP contribution is 2.39. The molecule has 1 fully saturated rings. The average molecular weight is 352 g/mol. The van der Waals surface area contributed by atoms with Gasteiger partial charge in [0.1, 0.15) is 6.34 Å². The molecule has 132 valence electrons. The van der Waals surface area contributed by atoms with Crippen LogP contribution in [-0.4, -0.2) is 56.8 Å². The van der Waals surface area contributed by atoms with Crippen molar-refractivity contribution in [2.75, 3.05) is 13.1 Å². The second-order valence-electron chi connectivity index (χ2n) is 6.78. The number of aromatic nitrogens is 3. The number of piperidine rings is 1. The molecule has 2 aromatic rings. The Kier molecular flexibility index (Phi) is 3.44. The molecule has 0 spiro atoms. The largest absolute Gasteiger partial charge is 0.330 e. The maximum Gasteiger partial charge on any atom is 0.293 e. The first-order valence-electron chi connectivity index (χ1n) is 8.73. The van der Waals surface area contributed by atoms with Crippen molar-refractivity contribution in [2.45, 2.75) is 31.1 Å². The van der Waals surface area contributed by atoms with E-state index in [9.17, 15) is 9.18 Å². The van der Waals surface area contributed by atoms with E-state index in [4.69, 9.17) is 0 Å². The van der Waals surface area contributed by atoms with Gasteiger partial charge in [0.15, 0.2) is 12.0 Å². The van der Waals surface area contributed by atoms with E-state index >= 15 is 0 Å². The van der Waals surface area contributed by atoms with Crippen LogP contribution in [-0.2, 0) is 0 Å². The van der Waals surface area contributed by atoms with Crippen LogP contribution in [0.4, 0.5) is 4.39 Å². The molecule has 1 aromatic carbocycles. The van der Waals surface area contributed by atoms with Crippen molar-refractivity contribution in [3.8, 4) is 0 Å². The van der Waals surface area contributed by atoms with Crippen LogP contribution in [0.5, 0.6) is 0 Å². The van der Waals surface area contributed by atoms with Gasteiger partial charge in [0, 0.05) is 13.0 Å². The zero-order valence-corrected chi connectivity index (χ0v) is 14.0. The van der Waals surface area contributed by atoms with Gasteiger partial charge in [-0.25, -0.2) is 19.0 Å². The van der Waals surface area contributed by atoms with E-state index in [-0.39, 0.29) is 29.6 Å². The summed E-state index contributed by atoms with van der Waals surface area (Å²) in [4.78, 5) is 27.2. The van der Waals surface area contributed by atoms with E-state index in [0.717, 1.165) is 17.7 Å². The number of hydrogen-bond donors (Lipinski definition) is 0. The molecule has 3 aliphatic heterocycles. The molecule has 26 heavy (non-hydrogen) atoms. The quantitative estimate of drug-likeness (QED) is 0.829. The molecule has 7 nitrogen and oxygen atoms in total. The van der Waals surface area contributed by atoms with Gasteiger partial charge in [0.05, 0.1) is 24.3 Å². The summed E-state index contributed by atoms with van der Waals surface area (Å²) in [6.07, 6.45) is 1.38. The van der Waals surface area contributed by atoms with E-state index in [1.54, 1.807) is 15.9 Å². The lowest BCUT2D eigenvalue weighted by atomic mass is 10.0. The molecular weight excluding hydrogens is 335 g/mol. The second kappa shape index (κ2) is 5.82. The van der Waals surface area contributed by atoms with E-state index in [0.29, 0.717) is 19.5 Å². The van der Waals surface area contributed by atoms with Gasteiger partial charge in [-0.1, -0.05) is 30.3 Å². The summed E-state index contributed by atoms with van der Waals surface area (Å²) in [7, 11) is 0. The Labute approximate surface area is 149 Å². The Morgan fingerprint density at radius 3 is 2.92 bits per heavy atom. The summed E-state index contributed by atoms with van der Waals surface area (Å²) in [5.74, 6) is 0.0128. The molecule has 0 saturated carbocycles. The molecule has 1 amide bonds. The van der Waals surface area contributed by atoms with Crippen LogP contribution in [0.3, 0.4) is 0 Å². The van der Waals surface area contributed by atoms with Crippen LogP contribution in [0.1, 0.15) is 47.1 Å². The number of benzene rings is 1. The monoisotopic (exact) mass is 352 g/mol. The first-order valence-corrected chi connectivity index (χ1v) is 8.73. The maximum absolute atomic E-state index is 14.5. The maximum atomic E-state index is 14.5. The van der Waals surface area contributed by atoms with Crippen molar-refractivity contribution in [1.82, 2.24) is 19.7 Å². The number of halogens is 1. The highest BCUT2D eigenvalue weighted by Gasteiger charge is 2.38. The number of aliphatic imine (C=N–C) groups is 2. The molecular formula is C18H17FN6O. The smallest absolute Gasteiger partial charge is 0.293 e. The third-order valence-electron chi connectivity index (χ3n) is 5.21. The van der Waals surface area contributed by atoms with Gasteiger partial charge < -0.3 is 4.90 Å². The van der Waals surface area contributed by atoms with Gasteiger partial charge in [-0.15, -0.1) is 5.10 Å². The van der Waals surface area contributed by atoms with Gasteiger partial charge in [0.25, 0.3) is 5.91 Å². The van der Waals surface area contributed by atoms with Gasteiger partial charge in [-0.3, -0.25) is 9.79 Å². The number of carbonyl (C=O) groups is 1. The predicted molar refractivity (Wildman–Crippen MR) is 93.3 cm³/mol. The summed E-state index contributed by atoms with van der Waals surface area (Å²) in [6, 6.07) is 9.50. The molecule has 4 heterocycles. The summed E-state index contributed by atoms with van der Waals surface area (Å²) >= 11 is 0. The van der Waals surface area contributed by atoms with Crippen LogP contribution < -0.4 is 0 Å². The van der Waals surface area contributed by atoms with Gasteiger partial charge >= 0.3 is 0 Å². The second-order valence-corrected chi connectivity index (χ2v) is 6.78. The first-order chi connectivity index (χ1) is 12.7. The summed E-state index contributed by atoms with van der Waals surface area (Å²) in [5.41, 5.74) is 1.86. The van der Waals surface area contributed by atoms with Gasteiger partial charge in [-0.05, 0) is 12.0 Å². The number of carbonyl (C=O) groups excluding carboxylic acids is 1. The number of alkyl halides is 1. The minimum Gasteiger partial charge on any atom is -0.330 e. The van der Waals surface area contributed by atoms with Crippen molar-refractivity contribution >= 4 is 18.0 Å². The topological polar surface area (TPSA) is 75.7 Å². The number of fused-ring (bicyclic) bond motifs is 2. The Bertz CT molecular complexity index is 921. The molecule has 0 aliphatic carbocycles. The number of amides is 1. The van der Waals surface area contributed by atoms with Crippen molar-refractivity contribution in [1.29, 1.82) is 0 Å². The molecule has 5 rings (SSSR count). The summed E-state index contributed by atoms with van der Waals surface area (Å²) in [5, 5.41) is 4.36. The molecule has 1 aromatic heterocycles. The van der Waals surface area contributed by atoms with E-state index in [2.05, 4.69) is 20.1 Å². The number of likely N-dealkylation sites (tertiary alicyclic amines) is 1. The molecule has 0 radical (unpaired) electrons. The third kappa shape index (κ3) is 2.36. The van der Waals surface area contributed by atoms with Crippen molar-refractivity contribution < 1.29 is 9.18 Å². The standard InChI is InChI=1S/C18H17FN6O/c19-12-8-15(11-4-2-1-3-5-11)25-17(12)22-16(23-25)18(26)24-7-6-13-14(9-24)21-10-20-13/h1-5,10,12-13,15H,6-9H2/t12-,13?,15-/m0/s1.